The highest BCUT2D eigenvalue weighted by Gasteiger charge is 2.07. The second-order valence-electron chi connectivity index (χ2n) is 4.51. The number of aromatic nitrogens is 3. The molecule has 0 saturated carbocycles. The molecule has 0 amide bonds. The maximum Gasteiger partial charge on any atom is 0.225 e. The van der Waals surface area contributed by atoms with E-state index in [-0.39, 0.29) is 0 Å². The summed E-state index contributed by atoms with van der Waals surface area (Å²) in [5.74, 6) is 1.43. The maximum absolute atomic E-state index is 4.48. The first kappa shape index (κ1) is 13.3. The molecule has 19 heavy (non-hydrogen) atoms. The minimum Gasteiger partial charge on any atom is -0.368 e. The van der Waals surface area contributed by atoms with Crippen LogP contribution in [0.15, 0.2) is 30.5 Å². The van der Waals surface area contributed by atoms with Crippen LogP contribution >= 0.6 is 0 Å². The molecule has 0 unspecified atom stereocenters. The van der Waals surface area contributed by atoms with Crippen LogP contribution < -0.4 is 10.6 Å². The predicted octanol–water partition coefficient (Wildman–Crippen LogP) is 2.79. The van der Waals surface area contributed by atoms with Crippen LogP contribution in [0, 0.1) is 0 Å². The molecule has 5 nitrogen and oxygen atoms in total. The lowest BCUT2D eigenvalue weighted by Gasteiger charge is -2.12. The van der Waals surface area contributed by atoms with E-state index >= 15 is 0 Å². The highest BCUT2D eigenvalue weighted by atomic mass is 15.1. The Hall–Kier alpha value is -2.17. The number of hydrogen-bond acceptors (Lipinski definition) is 5. The van der Waals surface area contributed by atoms with E-state index in [1.807, 2.05) is 31.2 Å². The molecule has 0 aliphatic carbocycles. The number of hydrogen-bond donors (Lipinski definition) is 2. The van der Waals surface area contributed by atoms with E-state index in [9.17, 15) is 0 Å². The lowest BCUT2D eigenvalue weighted by atomic mass is 10.2. The SMILES string of the molecule is CCNc1nc(NC(C)C)cc(-c2ccccn2)n1. The molecule has 0 radical (unpaired) electrons. The van der Waals surface area contributed by atoms with Gasteiger partial charge in [-0.05, 0) is 32.9 Å². The lowest BCUT2D eigenvalue weighted by molar-refractivity contribution is 0.886. The number of pyridine rings is 1. The van der Waals surface area contributed by atoms with Gasteiger partial charge in [0.05, 0.1) is 11.4 Å². The van der Waals surface area contributed by atoms with Crippen molar-refractivity contribution in [3.8, 4) is 11.4 Å². The third kappa shape index (κ3) is 3.64. The second kappa shape index (κ2) is 6.13. The molecule has 0 spiro atoms. The van der Waals surface area contributed by atoms with E-state index < -0.39 is 0 Å². The minimum absolute atomic E-state index is 0.320. The highest BCUT2D eigenvalue weighted by Crippen LogP contribution is 2.19. The molecule has 2 heterocycles. The van der Waals surface area contributed by atoms with Gasteiger partial charge in [0.2, 0.25) is 5.95 Å². The Morgan fingerprint density at radius 1 is 1.16 bits per heavy atom. The largest absolute Gasteiger partial charge is 0.368 e. The van der Waals surface area contributed by atoms with Gasteiger partial charge in [0.1, 0.15) is 5.82 Å². The summed E-state index contributed by atoms with van der Waals surface area (Å²) in [6, 6.07) is 8.03. The molecule has 0 bridgehead atoms. The topological polar surface area (TPSA) is 62.7 Å². The van der Waals surface area contributed by atoms with Gasteiger partial charge in [-0.2, -0.15) is 4.98 Å². The molecule has 100 valence electrons. The molecule has 0 fully saturated rings. The first-order valence-corrected chi connectivity index (χ1v) is 6.50. The van der Waals surface area contributed by atoms with Crippen LogP contribution in [0.3, 0.4) is 0 Å². The average molecular weight is 257 g/mol. The highest BCUT2D eigenvalue weighted by molar-refractivity contribution is 5.60. The van der Waals surface area contributed by atoms with Gasteiger partial charge in [-0.1, -0.05) is 6.07 Å². The monoisotopic (exact) mass is 257 g/mol. The summed E-state index contributed by atoms with van der Waals surface area (Å²) in [6.45, 7) is 6.96. The molecule has 2 N–H and O–H groups in total. The molecule has 2 aromatic heterocycles. The summed E-state index contributed by atoms with van der Waals surface area (Å²) in [4.78, 5) is 13.2. The lowest BCUT2D eigenvalue weighted by Crippen LogP contribution is -2.13. The number of rotatable bonds is 5. The smallest absolute Gasteiger partial charge is 0.225 e. The number of anilines is 2. The first-order valence-electron chi connectivity index (χ1n) is 6.50. The molecule has 2 aromatic rings. The fraction of sp³-hybridized carbons (Fsp3) is 0.357. The molecular formula is C14H19N5. The average Bonchev–Trinajstić information content (AvgIpc) is 2.39. The Labute approximate surface area is 113 Å². The number of nitrogens with zero attached hydrogens (tertiary/aromatic N) is 3. The normalized spacial score (nSPS) is 10.5. The van der Waals surface area contributed by atoms with Crippen LogP contribution in [0.2, 0.25) is 0 Å². The first-order chi connectivity index (χ1) is 9.19. The Bertz CT molecular complexity index is 525. The quantitative estimate of drug-likeness (QED) is 0.862. The van der Waals surface area contributed by atoms with E-state index in [2.05, 4.69) is 39.4 Å². The van der Waals surface area contributed by atoms with Crippen LogP contribution in [0.25, 0.3) is 11.4 Å². The van der Waals surface area contributed by atoms with Gasteiger partial charge in [-0.15, -0.1) is 0 Å². The van der Waals surface area contributed by atoms with E-state index in [4.69, 9.17) is 0 Å². The van der Waals surface area contributed by atoms with E-state index in [1.54, 1.807) is 6.20 Å². The Morgan fingerprint density at radius 2 is 2.00 bits per heavy atom. The Morgan fingerprint density at radius 3 is 2.63 bits per heavy atom. The van der Waals surface area contributed by atoms with Gasteiger partial charge >= 0.3 is 0 Å². The summed E-state index contributed by atoms with van der Waals surface area (Å²) in [5, 5.41) is 6.44. The van der Waals surface area contributed by atoms with Crippen molar-refractivity contribution >= 4 is 11.8 Å². The molecule has 0 aliphatic rings. The minimum atomic E-state index is 0.320. The van der Waals surface area contributed by atoms with Crippen molar-refractivity contribution < 1.29 is 0 Å². The van der Waals surface area contributed by atoms with Crippen LogP contribution in [0.4, 0.5) is 11.8 Å². The third-order valence-electron chi connectivity index (χ3n) is 2.42. The maximum atomic E-state index is 4.48. The fourth-order valence-corrected chi connectivity index (χ4v) is 1.70. The number of nitrogens with one attached hydrogen (secondary N) is 2. The van der Waals surface area contributed by atoms with Gasteiger partial charge in [0.15, 0.2) is 0 Å². The standard InChI is InChI=1S/C14H19N5/c1-4-15-14-18-12(11-7-5-6-8-16-11)9-13(19-14)17-10(2)3/h5-10H,4H2,1-3H3,(H2,15,17,18,19). The van der Waals surface area contributed by atoms with Gasteiger partial charge < -0.3 is 10.6 Å². The van der Waals surface area contributed by atoms with Gasteiger partial charge in [0.25, 0.3) is 0 Å². The molecule has 0 aromatic carbocycles. The summed E-state index contributed by atoms with van der Waals surface area (Å²) in [6.07, 6.45) is 1.76. The predicted molar refractivity (Wildman–Crippen MR) is 78.2 cm³/mol. The molecule has 5 heteroatoms. The van der Waals surface area contributed by atoms with Gasteiger partial charge in [0, 0.05) is 24.8 Å². The summed E-state index contributed by atoms with van der Waals surface area (Å²) in [5.41, 5.74) is 1.66. The summed E-state index contributed by atoms with van der Waals surface area (Å²) < 4.78 is 0. The fourth-order valence-electron chi connectivity index (χ4n) is 1.70. The van der Waals surface area contributed by atoms with E-state index in [1.165, 1.54) is 0 Å². The second-order valence-corrected chi connectivity index (χ2v) is 4.51. The van der Waals surface area contributed by atoms with Gasteiger partial charge in [-0.25, -0.2) is 4.98 Å². The Balaban J connectivity index is 2.39. The molecule has 2 rings (SSSR count). The van der Waals surface area contributed by atoms with Crippen molar-refractivity contribution in [2.24, 2.45) is 0 Å². The van der Waals surface area contributed by atoms with Crippen molar-refractivity contribution in [2.75, 3.05) is 17.2 Å². The van der Waals surface area contributed by atoms with E-state index in [0.717, 1.165) is 23.8 Å². The zero-order valence-corrected chi connectivity index (χ0v) is 11.5. The molecule has 0 saturated heterocycles. The van der Waals surface area contributed by atoms with Crippen molar-refractivity contribution in [3.63, 3.8) is 0 Å². The molecular weight excluding hydrogens is 238 g/mol. The van der Waals surface area contributed by atoms with Crippen molar-refractivity contribution in [3.05, 3.63) is 30.5 Å². The van der Waals surface area contributed by atoms with Crippen LogP contribution in [0.1, 0.15) is 20.8 Å². The Kier molecular flexibility index (Phi) is 4.28. The van der Waals surface area contributed by atoms with Gasteiger partial charge in [-0.3, -0.25) is 4.98 Å². The van der Waals surface area contributed by atoms with E-state index in [0.29, 0.717) is 12.0 Å². The molecule has 0 aliphatic heterocycles. The van der Waals surface area contributed by atoms with Crippen LogP contribution in [-0.4, -0.2) is 27.5 Å². The summed E-state index contributed by atoms with van der Waals surface area (Å²) >= 11 is 0. The zero-order chi connectivity index (χ0) is 13.7. The summed E-state index contributed by atoms with van der Waals surface area (Å²) in [7, 11) is 0. The van der Waals surface area contributed by atoms with Crippen molar-refractivity contribution in [1.82, 2.24) is 15.0 Å². The van der Waals surface area contributed by atoms with Crippen molar-refractivity contribution in [2.45, 2.75) is 26.8 Å². The van der Waals surface area contributed by atoms with Crippen LogP contribution in [-0.2, 0) is 0 Å². The zero-order valence-electron chi connectivity index (χ0n) is 11.5. The molecule has 0 atom stereocenters. The third-order valence-corrected chi connectivity index (χ3v) is 2.42. The van der Waals surface area contributed by atoms with Crippen LogP contribution in [0.5, 0.6) is 0 Å². The van der Waals surface area contributed by atoms with Crippen molar-refractivity contribution in [1.29, 1.82) is 0 Å².